The van der Waals surface area contributed by atoms with Crippen LogP contribution in [-0.4, -0.2) is 56.3 Å². The summed E-state index contributed by atoms with van der Waals surface area (Å²) in [7, 11) is 0. The molecule has 0 spiro atoms. The standard InChI is InChI=1S/C24H23ClN6O2/c25-23-21(16-27-31(24(23)33)18-6-2-1-3-7-18)28-12-14-29(15-13-28)22(32)10-11-30-17-26-19-8-4-5-9-20(19)30/h1-9,16-17H,10-15H2. The Balaban J connectivity index is 1.21. The number of benzene rings is 2. The molecule has 2 aromatic heterocycles. The summed E-state index contributed by atoms with van der Waals surface area (Å²) in [6.45, 7) is 2.92. The molecule has 33 heavy (non-hydrogen) atoms. The number of piperazine rings is 1. The molecule has 1 aliphatic heterocycles. The van der Waals surface area contributed by atoms with Gasteiger partial charge in [-0.25, -0.2) is 4.98 Å². The van der Waals surface area contributed by atoms with Crippen LogP contribution >= 0.6 is 11.6 Å². The molecule has 1 amide bonds. The lowest BCUT2D eigenvalue weighted by atomic mass is 10.2. The molecule has 1 fully saturated rings. The van der Waals surface area contributed by atoms with E-state index in [1.54, 1.807) is 24.7 Å². The van der Waals surface area contributed by atoms with E-state index in [-0.39, 0.29) is 16.5 Å². The van der Waals surface area contributed by atoms with Gasteiger partial charge in [-0.3, -0.25) is 9.59 Å². The van der Waals surface area contributed by atoms with Crippen molar-refractivity contribution in [2.24, 2.45) is 0 Å². The highest BCUT2D eigenvalue weighted by molar-refractivity contribution is 6.33. The van der Waals surface area contributed by atoms with Crippen molar-refractivity contribution in [3.05, 3.63) is 82.5 Å². The maximum Gasteiger partial charge on any atom is 0.292 e. The number of rotatable bonds is 5. The van der Waals surface area contributed by atoms with Gasteiger partial charge in [0.05, 0.1) is 34.9 Å². The van der Waals surface area contributed by atoms with Gasteiger partial charge in [-0.2, -0.15) is 9.78 Å². The van der Waals surface area contributed by atoms with Crippen molar-refractivity contribution >= 4 is 34.2 Å². The van der Waals surface area contributed by atoms with Crippen LogP contribution in [0.2, 0.25) is 5.02 Å². The average Bonchev–Trinajstić information content (AvgIpc) is 3.28. The van der Waals surface area contributed by atoms with Crippen molar-refractivity contribution in [1.29, 1.82) is 0 Å². The number of hydrogen-bond acceptors (Lipinski definition) is 5. The SMILES string of the molecule is O=C(CCn1cnc2ccccc21)N1CCN(c2cnn(-c3ccccc3)c(=O)c2Cl)CC1. The number of aryl methyl sites for hydroxylation is 1. The van der Waals surface area contributed by atoms with Gasteiger partial charge in [-0.05, 0) is 24.3 Å². The molecule has 168 valence electrons. The summed E-state index contributed by atoms with van der Waals surface area (Å²) in [5.74, 6) is 0.108. The summed E-state index contributed by atoms with van der Waals surface area (Å²) in [6.07, 6.45) is 3.82. The van der Waals surface area contributed by atoms with E-state index in [0.717, 1.165) is 11.0 Å². The Morgan fingerprint density at radius 3 is 2.48 bits per heavy atom. The van der Waals surface area contributed by atoms with E-state index in [9.17, 15) is 9.59 Å². The van der Waals surface area contributed by atoms with E-state index in [2.05, 4.69) is 10.1 Å². The molecule has 0 bridgehead atoms. The highest BCUT2D eigenvalue weighted by atomic mass is 35.5. The molecule has 0 atom stereocenters. The minimum absolute atomic E-state index is 0.108. The zero-order valence-corrected chi connectivity index (χ0v) is 18.7. The molecule has 4 aromatic rings. The summed E-state index contributed by atoms with van der Waals surface area (Å²) in [5, 5.41) is 4.45. The quantitative estimate of drug-likeness (QED) is 0.455. The van der Waals surface area contributed by atoms with E-state index in [1.807, 2.05) is 56.8 Å². The normalized spacial score (nSPS) is 14.1. The fourth-order valence-corrected chi connectivity index (χ4v) is 4.41. The number of carbonyl (C=O) groups is 1. The first-order valence-electron chi connectivity index (χ1n) is 10.9. The Morgan fingerprint density at radius 1 is 0.970 bits per heavy atom. The number of halogens is 1. The molecule has 9 heteroatoms. The lowest BCUT2D eigenvalue weighted by molar-refractivity contribution is -0.131. The topological polar surface area (TPSA) is 76.3 Å². The number of aromatic nitrogens is 4. The molecule has 2 aromatic carbocycles. The van der Waals surface area contributed by atoms with E-state index in [0.29, 0.717) is 50.5 Å². The molecular formula is C24H23ClN6O2. The summed E-state index contributed by atoms with van der Waals surface area (Å²) in [4.78, 5) is 33.8. The largest absolute Gasteiger partial charge is 0.365 e. The first-order chi connectivity index (χ1) is 16.1. The fraction of sp³-hybridized carbons (Fsp3) is 0.250. The second-order valence-corrected chi connectivity index (χ2v) is 8.32. The van der Waals surface area contributed by atoms with Gasteiger partial charge in [0.1, 0.15) is 5.02 Å². The molecule has 0 unspecified atom stereocenters. The number of anilines is 1. The van der Waals surface area contributed by atoms with Gasteiger partial charge in [0.2, 0.25) is 5.91 Å². The molecule has 0 radical (unpaired) electrons. The Morgan fingerprint density at radius 2 is 1.70 bits per heavy atom. The van der Waals surface area contributed by atoms with Crippen LogP contribution in [-0.2, 0) is 11.3 Å². The molecule has 0 aliphatic carbocycles. The van der Waals surface area contributed by atoms with Crippen molar-refractivity contribution in [2.75, 3.05) is 31.1 Å². The monoisotopic (exact) mass is 462 g/mol. The van der Waals surface area contributed by atoms with Crippen LogP contribution in [0.15, 0.2) is 71.9 Å². The van der Waals surface area contributed by atoms with Gasteiger partial charge >= 0.3 is 0 Å². The second-order valence-electron chi connectivity index (χ2n) is 7.94. The Labute approximate surface area is 195 Å². The number of para-hydroxylation sites is 3. The zero-order chi connectivity index (χ0) is 22.8. The van der Waals surface area contributed by atoms with Crippen LogP contribution in [0.1, 0.15) is 6.42 Å². The Hall–Kier alpha value is -3.65. The van der Waals surface area contributed by atoms with Crippen LogP contribution in [0.5, 0.6) is 0 Å². The van der Waals surface area contributed by atoms with Gasteiger partial charge in [0.25, 0.3) is 5.56 Å². The van der Waals surface area contributed by atoms with Gasteiger partial charge in [0, 0.05) is 39.1 Å². The van der Waals surface area contributed by atoms with E-state index in [4.69, 9.17) is 11.6 Å². The van der Waals surface area contributed by atoms with Crippen molar-refractivity contribution < 1.29 is 4.79 Å². The van der Waals surface area contributed by atoms with Gasteiger partial charge < -0.3 is 14.4 Å². The maximum absolute atomic E-state index is 12.8. The predicted octanol–water partition coefficient (Wildman–Crippen LogP) is 2.97. The molecule has 3 heterocycles. The van der Waals surface area contributed by atoms with Gasteiger partial charge in [-0.1, -0.05) is 41.9 Å². The lowest BCUT2D eigenvalue weighted by Crippen LogP contribution is -2.49. The highest BCUT2D eigenvalue weighted by Gasteiger charge is 2.24. The van der Waals surface area contributed by atoms with Crippen molar-refractivity contribution in [2.45, 2.75) is 13.0 Å². The zero-order valence-electron chi connectivity index (χ0n) is 18.0. The van der Waals surface area contributed by atoms with Crippen LogP contribution in [0, 0.1) is 0 Å². The summed E-state index contributed by atoms with van der Waals surface area (Å²) in [5.41, 5.74) is 2.87. The molecule has 8 nitrogen and oxygen atoms in total. The number of amides is 1. The minimum Gasteiger partial charge on any atom is -0.365 e. The third-order valence-electron chi connectivity index (χ3n) is 5.97. The van der Waals surface area contributed by atoms with Crippen molar-refractivity contribution in [3.8, 4) is 5.69 Å². The number of imidazole rings is 1. The van der Waals surface area contributed by atoms with E-state index >= 15 is 0 Å². The predicted molar refractivity (Wildman–Crippen MR) is 128 cm³/mol. The molecule has 0 saturated carbocycles. The van der Waals surface area contributed by atoms with E-state index < -0.39 is 0 Å². The van der Waals surface area contributed by atoms with Crippen LogP contribution < -0.4 is 10.5 Å². The Bertz CT molecular complexity index is 1340. The average molecular weight is 463 g/mol. The maximum atomic E-state index is 12.8. The third-order valence-corrected chi connectivity index (χ3v) is 6.32. The lowest BCUT2D eigenvalue weighted by Gasteiger charge is -2.36. The first-order valence-corrected chi connectivity index (χ1v) is 11.3. The summed E-state index contributed by atoms with van der Waals surface area (Å²) in [6, 6.07) is 17.1. The number of carbonyl (C=O) groups excluding carboxylic acids is 1. The van der Waals surface area contributed by atoms with Crippen molar-refractivity contribution in [1.82, 2.24) is 24.2 Å². The smallest absolute Gasteiger partial charge is 0.292 e. The van der Waals surface area contributed by atoms with E-state index in [1.165, 1.54) is 4.68 Å². The Kier molecular flexibility index (Phi) is 5.83. The summed E-state index contributed by atoms with van der Waals surface area (Å²) < 4.78 is 3.31. The molecule has 5 rings (SSSR count). The highest BCUT2D eigenvalue weighted by Crippen LogP contribution is 2.23. The second kappa shape index (κ2) is 9.07. The number of hydrogen-bond donors (Lipinski definition) is 0. The summed E-state index contributed by atoms with van der Waals surface area (Å²) >= 11 is 6.43. The molecule has 1 saturated heterocycles. The minimum atomic E-state index is -0.355. The number of fused-ring (bicyclic) bond motifs is 1. The molecular weight excluding hydrogens is 440 g/mol. The number of nitrogens with zero attached hydrogens (tertiary/aromatic N) is 6. The van der Waals surface area contributed by atoms with Crippen LogP contribution in [0.3, 0.4) is 0 Å². The molecule has 1 aliphatic rings. The fourth-order valence-electron chi connectivity index (χ4n) is 4.16. The third kappa shape index (κ3) is 4.21. The van der Waals surface area contributed by atoms with Crippen LogP contribution in [0.4, 0.5) is 5.69 Å². The first kappa shape index (κ1) is 21.2. The van der Waals surface area contributed by atoms with Crippen LogP contribution in [0.25, 0.3) is 16.7 Å². The van der Waals surface area contributed by atoms with Gasteiger partial charge in [0.15, 0.2) is 0 Å². The van der Waals surface area contributed by atoms with Crippen molar-refractivity contribution in [3.63, 3.8) is 0 Å². The molecule has 0 N–H and O–H groups in total. The van der Waals surface area contributed by atoms with Gasteiger partial charge in [-0.15, -0.1) is 0 Å².